The molecule has 1 N–H and O–H groups in total. The number of rotatable bonds is 2. The highest BCUT2D eigenvalue weighted by atomic mass is 35.5. The first-order chi connectivity index (χ1) is 6.02. The number of carboxylic acid groups (broad SMARTS) is 1. The number of hydrogen-bond donors (Lipinski definition) is 1. The van der Waals surface area contributed by atoms with Crippen molar-refractivity contribution in [2.75, 3.05) is 19.5 Å². The fraction of sp³-hybridized carbons (Fsp3) is 0.750. The second-order valence-electron chi connectivity index (χ2n) is 3.52. The Morgan fingerprint density at radius 1 is 1.62 bits per heavy atom. The molecule has 1 aliphatic rings. The van der Waals surface area contributed by atoms with E-state index < -0.39 is 12.0 Å². The number of alkyl halides is 1. The molecule has 74 valence electrons. The van der Waals surface area contributed by atoms with Crippen LogP contribution in [0.3, 0.4) is 0 Å². The summed E-state index contributed by atoms with van der Waals surface area (Å²) in [6.07, 6.45) is 1.34. The molecule has 5 heteroatoms. The zero-order valence-corrected chi connectivity index (χ0v) is 8.25. The molecule has 0 bridgehead atoms. The molecule has 1 amide bonds. The Balaban J connectivity index is 2.87. The van der Waals surface area contributed by atoms with Gasteiger partial charge in [0.15, 0.2) is 6.04 Å². The lowest BCUT2D eigenvalue weighted by Gasteiger charge is -2.29. The molecule has 0 aromatic rings. The van der Waals surface area contributed by atoms with Crippen molar-refractivity contribution in [1.82, 2.24) is 0 Å². The molecule has 1 fully saturated rings. The highest BCUT2D eigenvalue weighted by Crippen LogP contribution is 2.25. The smallest absolute Gasteiger partial charge is 0.363 e. The number of aliphatic carboxylic acids is 1. The van der Waals surface area contributed by atoms with E-state index in [4.69, 9.17) is 16.7 Å². The van der Waals surface area contributed by atoms with Crippen LogP contribution in [-0.2, 0) is 9.59 Å². The maximum absolute atomic E-state index is 11.4. The predicted molar refractivity (Wildman–Crippen MR) is 47.4 cm³/mol. The molecule has 1 saturated heterocycles. The van der Waals surface area contributed by atoms with Crippen LogP contribution < -0.4 is 0 Å². The van der Waals surface area contributed by atoms with E-state index in [1.165, 1.54) is 0 Å². The number of carbonyl (C=O) groups is 2. The van der Waals surface area contributed by atoms with Gasteiger partial charge in [-0.2, -0.15) is 0 Å². The average Bonchev–Trinajstić information content (AvgIpc) is 2.47. The summed E-state index contributed by atoms with van der Waals surface area (Å²) >= 11 is 5.43. The van der Waals surface area contributed by atoms with Crippen molar-refractivity contribution in [3.63, 3.8) is 0 Å². The van der Waals surface area contributed by atoms with E-state index in [0.717, 1.165) is 6.42 Å². The van der Waals surface area contributed by atoms with Gasteiger partial charge in [-0.3, -0.25) is 4.48 Å². The molecule has 0 aromatic carbocycles. The van der Waals surface area contributed by atoms with Crippen LogP contribution in [-0.4, -0.2) is 47.0 Å². The zero-order valence-electron chi connectivity index (χ0n) is 7.49. The average molecular weight is 207 g/mol. The number of nitrogens with zero attached hydrogens (tertiary/aromatic N) is 1. The lowest BCUT2D eigenvalue weighted by Crippen LogP contribution is -2.56. The number of likely N-dealkylation sites (N-methyl/N-ethyl adjacent to an activating group) is 1. The van der Waals surface area contributed by atoms with Crippen molar-refractivity contribution >= 4 is 23.5 Å². The molecule has 1 rings (SSSR count). The molecule has 13 heavy (non-hydrogen) atoms. The monoisotopic (exact) mass is 206 g/mol. The molecule has 0 saturated carbocycles. The largest absolute Gasteiger partial charge is 0.477 e. The van der Waals surface area contributed by atoms with E-state index in [1.54, 1.807) is 7.05 Å². The Labute approximate surface area is 81.7 Å². The molecule has 4 nitrogen and oxygen atoms in total. The van der Waals surface area contributed by atoms with Crippen LogP contribution in [0.15, 0.2) is 0 Å². The second kappa shape index (κ2) is 3.64. The minimum atomic E-state index is -0.904. The van der Waals surface area contributed by atoms with Gasteiger partial charge in [-0.1, -0.05) is 0 Å². The molecule has 1 unspecified atom stereocenters. The standard InChI is InChI=1S/C8H12ClNO3/c1-10(7(11)5-9)4-2-3-6(10)8(12)13/h6H,2-5H2,1H3/p+1/t6?,10-/m1/s1. The SMILES string of the molecule is C[N@@+]1(C(=O)CCl)CCCC1C(=O)O. The Morgan fingerprint density at radius 3 is 2.69 bits per heavy atom. The number of carbonyl (C=O) groups excluding carboxylic acids is 1. The molecule has 0 aliphatic carbocycles. The summed E-state index contributed by atoms with van der Waals surface area (Å²) in [6.45, 7) is 0.586. The zero-order chi connectivity index (χ0) is 10.1. The van der Waals surface area contributed by atoms with Crippen molar-refractivity contribution in [1.29, 1.82) is 0 Å². The first-order valence-corrected chi connectivity index (χ1v) is 4.73. The lowest BCUT2D eigenvalue weighted by atomic mass is 10.2. The van der Waals surface area contributed by atoms with Gasteiger partial charge in [0, 0.05) is 12.8 Å². The van der Waals surface area contributed by atoms with Crippen LogP contribution in [0.25, 0.3) is 0 Å². The van der Waals surface area contributed by atoms with Crippen molar-refractivity contribution in [3.05, 3.63) is 0 Å². The van der Waals surface area contributed by atoms with Crippen LogP contribution >= 0.6 is 11.6 Å². The second-order valence-corrected chi connectivity index (χ2v) is 3.78. The molecule has 2 atom stereocenters. The quantitative estimate of drug-likeness (QED) is 0.527. The van der Waals surface area contributed by atoms with Crippen molar-refractivity contribution < 1.29 is 19.2 Å². The Morgan fingerprint density at radius 2 is 2.23 bits per heavy atom. The highest BCUT2D eigenvalue weighted by molar-refractivity contribution is 6.26. The number of hydrogen-bond acceptors (Lipinski definition) is 2. The topological polar surface area (TPSA) is 54.4 Å². The van der Waals surface area contributed by atoms with E-state index in [1.807, 2.05) is 0 Å². The molecule has 0 radical (unpaired) electrons. The Hall–Kier alpha value is -0.610. The van der Waals surface area contributed by atoms with Crippen molar-refractivity contribution in [2.45, 2.75) is 18.9 Å². The predicted octanol–water partition coefficient (Wildman–Crippen LogP) is 0.445. The minimum Gasteiger partial charge on any atom is -0.477 e. The molecule has 1 heterocycles. The van der Waals surface area contributed by atoms with Crippen molar-refractivity contribution in [2.24, 2.45) is 0 Å². The summed E-state index contributed by atoms with van der Waals surface area (Å²) in [6, 6.07) is -0.605. The van der Waals surface area contributed by atoms with Crippen LogP contribution in [0.4, 0.5) is 0 Å². The van der Waals surface area contributed by atoms with Crippen LogP contribution in [0.5, 0.6) is 0 Å². The molecular formula is C8H13ClNO3+. The fourth-order valence-corrected chi connectivity index (χ4v) is 2.13. The van der Waals surface area contributed by atoms with Gasteiger partial charge in [0.25, 0.3) is 0 Å². The Kier molecular flexibility index (Phi) is 2.93. The maximum Gasteiger partial charge on any atom is 0.363 e. The van der Waals surface area contributed by atoms with Gasteiger partial charge in [-0.05, 0) is 0 Å². The van der Waals surface area contributed by atoms with E-state index in [2.05, 4.69) is 0 Å². The number of amides is 1. The van der Waals surface area contributed by atoms with Gasteiger partial charge >= 0.3 is 11.9 Å². The summed E-state index contributed by atoms with van der Waals surface area (Å²) in [7, 11) is 1.65. The summed E-state index contributed by atoms with van der Waals surface area (Å²) in [5.41, 5.74) is 0. The van der Waals surface area contributed by atoms with Crippen LogP contribution in [0.2, 0.25) is 0 Å². The van der Waals surface area contributed by atoms with E-state index in [-0.39, 0.29) is 16.3 Å². The third-order valence-corrected chi connectivity index (χ3v) is 2.99. The summed E-state index contributed by atoms with van der Waals surface area (Å²) in [4.78, 5) is 22.3. The third kappa shape index (κ3) is 1.69. The number of quaternary nitrogens is 1. The van der Waals surface area contributed by atoms with E-state index in [0.29, 0.717) is 13.0 Å². The molecule has 0 spiro atoms. The van der Waals surface area contributed by atoms with Gasteiger partial charge in [0.2, 0.25) is 0 Å². The fourth-order valence-electron chi connectivity index (χ4n) is 1.86. The third-order valence-electron chi connectivity index (χ3n) is 2.76. The molecule has 1 aliphatic heterocycles. The maximum atomic E-state index is 11.4. The van der Waals surface area contributed by atoms with E-state index in [9.17, 15) is 9.59 Å². The minimum absolute atomic E-state index is 0.0428. The van der Waals surface area contributed by atoms with Crippen LogP contribution in [0, 0.1) is 0 Å². The summed E-state index contributed by atoms with van der Waals surface area (Å²) in [5.74, 6) is -1.22. The lowest BCUT2D eigenvalue weighted by molar-refractivity contribution is -0.837. The summed E-state index contributed by atoms with van der Waals surface area (Å²) in [5, 5.41) is 8.88. The van der Waals surface area contributed by atoms with Gasteiger partial charge in [0.1, 0.15) is 5.88 Å². The summed E-state index contributed by atoms with van der Waals surface area (Å²) < 4.78 is -0.0428. The first-order valence-electron chi connectivity index (χ1n) is 4.19. The van der Waals surface area contributed by atoms with Gasteiger partial charge < -0.3 is 5.11 Å². The Bertz CT molecular complexity index is 244. The number of halogens is 1. The first kappa shape index (κ1) is 10.5. The van der Waals surface area contributed by atoms with Gasteiger partial charge in [-0.15, -0.1) is 11.6 Å². The van der Waals surface area contributed by atoms with E-state index >= 15 is 0 Å². The normalized spacial score (nSPS) is 33.2. The van der Waals surface area contributed by atoms with Crippen LogP contribution in [0.1, 0.15) is 12.8 Å². The number of likely N-dealkylation sites (tertiary alicyclic amines) is 1. The molecule has 0 aromatic heterocycles. The van der Waals surface area contributed by atoms with Crippen molar-refractivity contribution in [3.8, 4) is 0 Å². The van der Waals surface area contributed by atoms with Gasteiger partial charge in [0.05, 0.1) is 13.6 Å². The highest BCUT2D eigenvalue weighted by Gasteiger charge is 2.47. The molecular weight excluding hydrogens is 194 g/mol. The number of carboxylic acids is 1. The van der Waals surface area contributed by atoms with Gasteiger partial charge in [-0.25, -0.2) is 9.59 Å².